The summed E-state index contributed by atoms with van der Waals surface area (Å²) in [5.74, 6) is -1.53. The molecule has 6 heteroatoms. The molecule has 2 amide bonds. The van der Waals surface area contributed by atoms with Crippen LogP contribution in [-0.4, -0.2) is 30.3 Å². The SMILES string of the molecule is CCC(CO)NC(=O)NCC(C)c1ccc(F)cc1F. The van der Waals surface area contributed by atoms with Crippen molar-refractivity contribution in [1.29, 1.82) is 0 Å². The first-order valence-corrected chi connectivity index (χ1v) is 6.58. The Kier molecular flexibility index (Phi) is 6.38. The highest BCUT2D eigenvalue weighted by Gasteiger charge is 2.14. The number of amides is 2. The van der Waals surface area contributed by atoms with E-state index in [1.807, 2.05) is 6.92 Å². The number of benzene rings is 1. The Morgan fingerprint density at radius 3 is 2.65 bits per heavy atom. The summed E-state index contributed by atoms with van der Waals surface area (Å²) in [5.41, 5.74) is 0.348. The average molecular weight is 286 g/mol. The zero-order chi connectivity index (χ0) is 15.1. The Hall–Kier alpha value is -1.69. The van der Waals surface area contributed by atoms with Crippen molar-refractivity contribution < 1.29 is 18.7 Å². The minimum Gasteiger partial charge on any atom is -0.394 e. The lowest BCUT2D eigenvalue weighted by Crippen LogP contribution is -2.44. The van der Waals surface area contributed by atoms with Gasteiger partial charge in [0, 0.05) is 18.5 Å². The number of nitrogens with one attached hydrogen (secondary N) is 2. The first-order chi connectivity index (χ1) is 9.47. The summed E-state index contributed by atoms with van der Waals surface area (Å²) in [7, 11) is 0. The third kappa shape index (κ3) is 4.77. The average Bonchev–Trinajstić information content (AvgIpc) is 2.42. The normalized spacial score (nSPS) is 13.7. The first-order valence-electron chi connectivity index (χ1n) is 6.58. The number of carbonyl (C=O) groups is 1. The molecule has 0 aliphatic heterocycles. The highest BCUT2D eigenvalue weighted by Crippen LogP contribution is 2.18. The topological polar surface area (TPSA) is 61.4 Å². The quantitative estimate of drug-likeness (QED) is 0.750. The van der Waals surface area contributed by atoms with Gasteiger partial charge in [-0.15, -0.1) is 0 Å². The molecule has 0 bridgehead atoms. The molecule has 1 aromatic carbocycles. The largest absolute Gasteiger partial charge is 0.394 e. The van der Waals surface area contributed by atoms with E-state index in [-0.39, 0.29) is 25.1 Å². The van der Waals surface area contributed by atoms with Gasteiger partial charge in [0.1, 0.15) is 11.6 Å². The molecule has 2 unspecified atom stereocenters. The number of urea groups is 1. The second-order valence-corrected chi connectivity index (χ2v) is 4.71. The number of rotatable bonds is 6. The minimum absolute atomic E-state index is 0.133. The fourth-order valence-electron chi connectivity index (χ4n) is 1.77. The Labute approximate surface area is 117 Å². The van der Waals surface area contributed by atoms with Crippen LogP contribution in [-0.2, 0) is 0 Å². The van der Waals surface area contributed by atoms with E-state index in [1.54, 1.807) is 6.92 Å². The highest BCUT2D eigenvalue weighted by molar-refractivity contribution is 5.74. The van der Waals surface area contributed by atoms with E-state index in [0.29, 0.717) is 12.0 Å². The van der Waals surface area contributed by atoms with Crippen LogP contribution >= 0.6 is 0 Å². The second-order valence-electron chi connectivity index (χ2n) is 4.71. The van der Waals surface area contributed by atoms with E-state index in [1.165, 1.54) is 12.1 Å². The third-order valence-corrected chi connectivity index (χ3v) is 3.11. The molecule has 0 spiro atoms. The molecule has 20 heavy (non-hydrogen) atoms. The van der Waals surface area contributed by atoms with E-state index in [0.717, 1.165) is 6.07 Å². The molecule has 2 atom stereocenters. The smallest absolute Gasteiger partial charge is 0.315 e. The molecule has 0 aromatic heterocycles. The van der Waals surface area contributed by atoms with E-state index in [4.69, 9.17) is 5.11 Å². The van der Waals surface area contributed by atoms with Crippen LogP contribution in [0.4, 0.5) is 13.6 Å². The fourth-order valence-corrected chi connectivity index (χ4v) is 1.77. The van der Waals surface area contributed by atoms with Crippen molar-refractivity contribution >= 4 is 6.03 Å². The summed E-state index contributed by atoms with van der Waals surface area (Å²) >= 11 is 0. The van der Waals surface area contributed by atoms with Crippen molar-refractivity contribution in [2.45, 2.75) is 32.2 Å². The Bertz CT molecular complexity index is 451. The molecule has 4 nitrogen and oxygen atoms in total. The lowest BCUT2D eigenvalue weighted by molar-refractivity contribution is 0.214. The summed E-state index contributed by atoms with van der Waals surface area (Å²) in [5, 5.41) is 14.2. The number of halogens is 2. The van der Waals surface area contributed by atoms with Gasteiger partial charge in [-0.1, -0.05) is 19.9 Å². The zero-order valence-electron chi connectivity index (χ0n) is 11.6. The summed E-state index contributed by atoms with van der Waals surface area (Å²) in [6.45, 7) is 3.67. The number of aliphatic hydroxyl groups is 1. The monoisotopic (exact) mass is 286 g/mol. The standard InChI is InChI=1S/C14H20F2N2O2/c1-3-11(8-19)18-14(20)17-7-9(2)12-5-4-10(15)6-13(12)16/h4-6,9,11,19H,3,7-8H2,1-2H3,(H2,17,18,20). The van der Waals surface area contributed by atoms with Crippen molar-refractivity contribution in [3.8, 4) is 0 Å². The van der Waals surface area contributed by atoms with Gasteiger partial charge in [0.25, 0.3) is 0 Å². The van der Waals surface area contributed by atoms with Crippen molar-refractivity contribution in [2.24, 2.45) is 0 Å². The van der Waals surface area contributed by atoms with Gasteiger partial charge < -0.3 is 15.7 Å². The van der Waals surface area contributed by atoms with Crippen molar-refractivity contribution in [3.63, 3.8) is 0 Å². The van der Waals surface area contributed by atoms with Gasteiger partial charge in [-0.3, -0.25) is 0 Å². The molecule has 0 radical (unpaired) electrons. The number of aliphatic hydroxyl groups excluding tert-OH is 1. The molecule has 3 N–H and O–H groups in total. The summed E-state index contributed by atoms with van der Waals surface area (Å²) in [4.78, 5) is 11.6. The van der Waals surface area contributed by atoms with Crippen LogP contribution in [0.15, 0.2) is 18.2 Å². The predicted octanol–water partition coefficient (Wildman–Crippen LogP) is 2.14. The van der Waals surface area contributed by atoms with E-state index in [2.05, 4.69) is 10.6 Å². The van der Waals surface area contributed by atoms with Crippen molar-refractivity contribution in [2.75, 3.05) is 13.2 Å². The summed E-state index contributed by atoms with van der Waals surface area (Å²) in [6.07, 6.45) is 0.617. The maximum atomic E-state index is 13.5. The van der Waals surface area contributed by atoms with E-state index >= 15 is 0 Å². The zero-order valence-corrected chi connectivity index (χ0v) is 11.6. The van der Waals surface area contributed by atoms with Crippen LogP contribution < -0.4 is 10.6 Å². The van der Waals surface area contributed by atoms with Crippen LogP contribution in [0.25, 0.3) is 0 Å². The number of carbonyl (C=O) groups excluding carboxylic acids is 1. The Balaban J connectivity index is 2.50. The Morgan fingerprint density at radius 1 is 1.40 bits per heavy atom. The molecule has 1 aromatic rings. The van der Waals surface area contributed by atoms with E-state index < -0.39 is 17.7 Å². The summed E-state index contributed by atoms with van der Waals surface area (Å²) in [6, 6.07) is 2.67. The van der Waals surface area contributed by atoms with E-state index in [9.17, 15) is 13.6 Å². The maximum absolute atomic E-state index is 13.5. The fraction of sp³-hybridized carbons (Fsp3) is 0.500. The van der Waals surface area contributed by atoms with Gasteiger partial charge in [0.2, 0.25) is 0 Å². The van der Waals surface area contributed by atoms with Crippen LogP contribution in [0.5, 0.6) is 0 Å². The highest BCUT2D eigenvalue weighted by atomic mass is 19.1. The van der Waals surface area contributed by atoms with Gasteiger partial charge in [0.15, 0.2) is 0 Å². The van der Waals surface area contributed by atoms with Gasteiger partial charge >= 0.3 is 6.03 Å². The van der Waals surface area contributed by atoms with Crippen molar-refractivity contribution in [3.05, 3.63) is 35.4 Å². The molecular weight excluding hydrogens is 266 g/mol. The molecule has 112 valence electrons. The number of hydrogen-bond acceptors (Lipinski definition) is 2. The Morgan fingerprint density at radius 2 is 2.10 bits per heavy atom. The number of hydrogen-bond donors (Lipinski definition) is 3. The van der Waals surface area contributed by atoms with Crippen molar-refractivity contribution in [1.82, 2.24) is 10.6 Å². The van der Waals surface area contributed by atoms with Gasteiger partial charge in [-0.25, -0.2) is 13.6 Å². The molecular formula is C14H20F2N2O2. The van der Waals surface area contributed by atoms with Gasteiger partial charge in [-0.05, 0) is 18.1 Å². The van der Waals surface area contributed by atoms with Crippen LogP contribution in [0.3, 0.4) is 0 Å². The molecule has 0 heterocycles. The lowest BCUT2D eigenvalue weighted by atomic mass is 10.0. The molecule has 0 fully saturated rings. The maximum Gasteiger partial charge on any atom is 0.315 e. The third-order valence-electron chi connectivity index (χ3n) is 3.11. The molecule has 0 aliphatic carbocycles. The van der Waals surface area contributed by atoms with Crippen LogP contribution in [0.1, 0.15) is 31.7 Å². The predicted molar refractivity (Wildman–Crippen MR) is 72.5 cm³/mol. The summed E-state index contributed by atoms with van der Waals surface area (Å²) < 4.78 is 26.3. The molecule has 0 aliphatic rings. The molecule has 0 saturated carbocycles. The lowest BCUT2D eigenvalue weighted by Gasteiger charge is -2.17. The first kappa shape index (κ1) is 16.4. The van der Waals surface area contributed by atoms with Gasteiger partial charge in [-0.2, -0.15) is 0 Å². The van der Waals surface area contributed by atoms with Gasteiger partial charge in [0.05, 0.1) is 12.6 Å². The van der Waals surface area contributed by atoms with Crippen LogP contribution in [0.2, 0.25) is 0 Å². The van der Waals surface area contributed by atoms with Crippen LogP contribution in [0, 0.1) is 11.6 Å². The molecule has 0 saturated heterocycles. The minimum atomic E-state index is -0.627. The molecule has 1 rings (SSSR count). The second kappa shape index (κ2) is 7.79.